The molecule has 10 aromatic rings. The van der Waals surface area contributed by atoms with Gasteiger partial charge in [-0.3, -0.25) is 37.9 Å². The van der Waals surface area contributed by atoms with Gasteiger partial charge in [0.1, 0.15) is 17.2 Å². The van der Waals surface area contributed by atoms with E-state index in [2.05, 4.69) is 84.8 Å². The van der Waals surface area contributed by atoms with Crippen molar-refractivity contribution in [2.24, 2.45) is 0 Å². The zero-order valence-corrected chi connectivity index (χ0v) is 47.9. The van der Waals surface area contributed by atoms with Gasteiger partial charge in [-0.15, -0.1) is 5.92 Å². The molecular weight excluding hydrogens is 1060 g/mol. The van der Waals surface area contributed by atoms with E-state index in [0.717, 1.165) is 22.7 Å². The van der Waals surface area contributed by atoms with Crippen molar-refractivity contribution in [1.29, 1.82) is 0 Å². The van der Waals surface area contributed by atoms with E-state index in [1.165, 1.54) is 0 Å². The first-order valence-corrected chi connectivity index (χ1v) is 30.9. The number of nitrogens with zero attached hydrogens (tertiary/aromatic N) is 8. The topological polar surface area (TPSA) is 221 Å². The maximum atomic E-state index is 14.2. The molecule has 1 fully saturated rings. The van der Waals surface area contributed by atoms with Crippen molar-refractivity contribution in [1.82, 2.24) is 59.6 Å². The molecule has 416 valence electrons. The van der Waals surface area contributed by atoms with Crippen molar-refractivity contribution in [2.45, 2.75) is 84.3 Å². The summed E-state index contributed by atoms with van der Waals surface area (Å²) in [5, 5.41) is 22.7. The fourth-order valence-electron chi connectivity index (χ4n) is 10.1. The molecule has 1 aliphatic heterocycles. The number of aromatic nitrogens is 8. The van der Waals surface area contributed by atoms with E-state index in [-0.39, 0.29) is 41.3 Å². The van der Waals surface area contributed by atoms with E-state index in [4.69, 9.17) is 0 Å². The molecule has 4 N–H and O–H groups in total. The molecule has 4 aromatic carbocycles. The third-order valence-corrected chi connectivity index (χ3v) is 15.3. The van der Waals surface area contributed by atoms with Crippen LogP contribution in [-0.2, 0) is 9.59 Å². The molecular formula is C64H60N12O6Si. The Balaban J connectivity index is 0.000000187. The minimum Gasteiger partial charge on any atom is -0.344 e. The number of amides is 4. The van der Waals surface area contributed by atoms with Crippen molar-refractivity contribution >= 4 is 64.5 Å². The maximum Gasteiger partial charge on any atom is 0.264 e. The van der Waals surface area contributed by atoms with Gasteiger partial charge in [0.15, 0.2) is 11.3 Å². The molecule has 3 atom stereocenters. The Morgan fingerprint density at radius 3 is 1.55 bits per heavy atom. The third kappa shape index (κ3) is 12.0. The lowest BCUT2D eigenvalue weighted by Gasteiger charge is -2.21. The van der Waals surface area contributed by atoms with Gasteiger partial charge in [0.2, 0.25) is 11.8 Å². The lowest BCUT2D eigenvalue weighted by molar-refractivity contribution is -0.125. The van der Waals surface area contributed by atoms with Crippen molar-refractivity contribution in [2.75, 3.05) is 6.54 Å². The molecule has 0 saturated carbocycles. The first kappa shape index (κ1) is 56.0. The van der Waals surface area contributed by atoms with E-state index in [1.807, 2.05) is 117 Å². The molecule has 11 rings (SSSR count). The van der Waals surface area contributed by atoms with Crippen LogP contribution in [0, 0.1) is 37.5 Å². The van der Waals surface area contributed by atoms with Crippen molar-refractivity contribution < 1.29 is 19.2 Å². The van der Waals surface area contributed by atoms with Crippen LogP contribution in [0.25, 0.3) is 44.2 Å². The summed E-state index contributed by atoms with van der Waals surface area (Å²) in [6.07, 6.45) is 7.52. The summed E-state index contributed by atoms with van der Waals surface area (Å²) in [5.41, 5.74) is 6.22. The van der Waals surface area contributed by atoms with Crippen LogP contribution in [0.15, 0.2) is 156 Å². The molecule has 18 nitrogen and oxygen atoms in total. The summed E-state index contributed by atoms with van der Waals surface area (Å²) in [7, 11) is -1.35. The molecule has 0 radical (unpaired) electrons. The Morgan fingerprint density at radius 2 is 1.11 bits per heavy atom. The van der Waals surface area contributed by atoms with Gasteiger partial charge < -0.3 is 21.3 Å². The third-order valence-electron chi connectivity index (χ3n) is 14.1. The van der Waals surface area contributed by atoms with Gasteiger partial charge in [0, 0.05) is 71.1 Å². The second-order valence-corrected chi connectivity index (χ2v) is 26.9. The van der Waals surface area contributed by atoms with E-state index in [9.17, 15) is 28.8 Å². The second kappa shape index (κ2) is 23.8. The van der Waals surface area contributed by atoms with Gasteiger partial charge in [-0.25, -0.2) is 19.0 Å². The summed E-state index contributed by atoms with van der Waals surface area (Å²) in [4.78, 5) is 87.7. The minimum absolute atomic E-state index is 0.0629. The Labute approximate surface area is 479 Å². The molecule has 0 unspecified atom stereocenters. The number of nitrogens with one attached hydrogen (secondary N) is 4. The zero-order chi connectivity index (χ0) is 58.5. The first-order chi connectivity index (χ1) is 39.9. The summed E-state index contributed by atoms with van der Waals surface area (Å²) in [5.74, 6) is 11.5. The van der Waals surface area contributed by atoms with Gasteiger partial charge in [-0.05, 0) is 106 Å². The molecule has 6 aromatic heterocycles. The van der Waals surface area contributed by atoms with Gasteiger partial charge in [0.25, 0.3) is 22.9 Å². The van der Waals surface area contributed by atoms with Crippen molar-refractivity contribution in [3.05, 3.63) is 212 Å². The van der Waals surface area contributed by atoms with Gasteiger partial charge in [-0.2, -0.15) is 10.2 Å². The Hall–Kier alpha value is -10.2. The monoisotopic (exact) mass is 1120 g/mol. The van der Waals surface area contributed by atoms with Gasteiger partial charge in [0.05, 0.1) is 48.9 Å². The molecule has 1 saturated heterocycles. The van der Waals surface area contributed by atoms with Crippen molar-refractivity contribution in [3.8, 4) is 35.1 Å². The predicted octanol–water partition coefficient (Wildman–Crippen LogP) is 8.10. The quantitative estimate of drug-likeness (QED) is 0.0720. The largest absolute Gasteiger partial charge is 0.344 e. The van der Waals surface area contributed by atoms with Crippen LogP contribution >= 0.6 is 0 Å². The van der Waals surface area contributed by atoms with Crippen LogP contribution in [0.5, 0.6) is 0 Å². The van der Waals surface area contributed by atoms with Crippen LogP contribution in [0.4, 0.5) is 0 Å². The lowest BCUT2D eigenvalue weighted by atomic mass is 10.0. The van der Waals surface area contributed by atoms with Crippen LogP contribution in [0.1, 0.15) is 93.4 Å². The van der Waals surface area contributed by atoms with Crippen LogP contribution in [0.3, 0.4) is 0 Å². The molecule has 1 aliphatic rings. The maximum absolute atomic E-state index is 14.2. The number of benzene rings is 4. The Morgan fingerprint density at radius 1 is 0.639 bits per heavy atom. The fraction of sp³-hybridized carbons (Fsp3) is 0.219. The molecule has 7 heterocycles. The SMILES string of the molecule is Cc1nn2cccnc2c1C(=O)N[C@@H](C)c1cc2cccc(C#CCNC(=O)[C@@H]3CCC(=O)N3)c2c(=O)n1-c1ccccc1.Cc1nn2cccnc2c1C(=O)N[C@@H](C)c1cc2cccc(C#CC[Si](C)(C)C)c2c(=O)n1-c1ccccc1. The lowest BCUT2D eigenvalue weighted by Crippen LogP contribution is -2.41. The van der Waals surface area contributed by atoms with Crippen LogP contribution < -0.4 is 32.4 Å². The Bertz CT molecular complexity index is 4440. The summed E-state index contributed by atoms with van der Waals surface area (Å²) in [6, 6.07) is 36.5. The number of fused-ring (bicyclic) bond motifs is 4. The number of carbonyl (C=O) groups excluding carboxylic acids is 4. The number of hydrogen-bond acceptors (Lipinski definition) is 10. The highest BCUT2D eigenvalue weighted by Gasteiger charge is 2.28. The number of carbonyl (C=O) groups is 4. The number of rotatable bonds is 11. The van der Waals surface area contributed by atoms with Gasteiger partial charge >= 0.3 is 0 Å². The minimum atomic E-state index is -1.35. The highest BCUT2D eigenvalue weighted by Crippen LogP contribution is 2.27. The number of aryl methyl sites for hydroxylation is 2. The highest BCUT2D eigenvalue weighted by atomic mass is 28.3. The first-order valence-electron chi connectivity index (χ1n) is 27.2. The summed E-state index contributed by atoms with van der Waals surface area (Å²) >= 11 is 0. The second-order valence-electron chi connectivity index (χ2n) is 21.4. The Kier molecular flexibility index (Phi) is 16.1. The van der Waals surface area contributed by atoms with Crippen LogP contribution in [0.2, 0.25) is 25.7 Å². The molecule has 19 heteroatoms. The average Bonchev–Trinajstić information content (AvgIpc) is 4.37. The van der Waals surface area contributed by atoms with E-state index >= 15 is 0 Å². The van der Waals surface area contributed by atoms with E-state index < -0.39 is 26.2 Å². The molecule has 0 bridgehead atoms. The van der Waals surface area contributed by atoms with Crippen molar-refractivity contribution in [3.63, 3.8) is 0 Å². The molecule has 83 heavy (non-hydrogen) atoms. The van der Waals surface area contributed by atoms with Gasteiger partial charge in [-0.1, -0.05) is 98.1 Å². The molecule has 4 amide bonds. The summed E-state index contributed by atoms with van der Waals surface area (Å²) in [6.45, 7) is 14.1. The average molecular weight is 1120 g/mol. The smallest absolute Gasteiger partial charge is 0.264 e. The zero-order valence-electron chi connectivity index (χ0n) is 46.9. The molecule has 0 spiro atoms. The standard InChI is InChI=1S/C33H29N7O4.C31H31N5O2Si/c1-20(36-32(43)28-21(2)38-39-18-8-17-34-30(28)39)26-19-23-10-6-9-22(11-7-16-35-31(42)25-14-15-27(41)37-25)29(23)33(44)40(26)24-12-4-3-5-13-24;1-21(33-30(37)27-22(2)34-35-18-11-17-32-29(27)35)26-20-24-13-9-12-23(14-10-19-39(3,4)5)28(24)31(38)36(26)25-15-7-6-8-16-25/h3-6,8-10,12-13,17-20,25H,14-16H2,1-2H3,(H,35,42)(H,36,43)(H,37,41);6-9,11-13,15-18,20-21H,19H2,1-5H3,(H,33,37)/t20-,25-;21-/m00/s1. The normalized spacial score (nSPS) is 13.7. The number of hydrogen-bond donors (Lipinski definition) is 4. The number of para-hydroxylation sites is 2. The molecule has 0 aliphatic carbocycles. The fourth-order valence-corrected chi connectivity index (χ4v) is 10.7. The summed E-state index contributed by atoms with van der Waals surface area (Å²) < 4.78 is 6.42. The van der Waals surface area contributed by atoms with E-state index in [0.29, 0.717) is 85.4 Å². The predicted molar refractivity (Wildman–Crippen MR) is 322 cm³/mol. The highest BCUT2D eigenvalue weighted by molar-refractivity contribution is 6.76. The number of pyridine rings is 2. The van der Waals surface area contributed by atoms with E-state index in [1.54, 1.807) is 75.0 Å². The van der Waals surface area contributed by atoms with Crippen LogP contribution in [-0.4, -0.2) is 82.6 Å².